The molecule has 6 nitrogen and oxygen atoms in total. The van der Waals surface area contributed by atoms with Crippen molar-refractivity contribution >= 4 is 11.2 Å². The first-order valence-corrected chi connectivity index (χ1v) is 7.62. The molecule has 118 valence electrons. The number of piperidine rings is 1. The molecule has 0 bridgehead atoms. The van der Waals surface area contributed by atoms with E-state index in [9.17, 15) is 4.39 Å². The van der Waals surface area contributed by atoms with E-state index >= 15 is 0 Å². The van der Waals surface area contributed by atoms with Gasteiger partial charge in [-0.25, -0.2) is 14.4 Å². The Morgan fingerprint density at radius 3 is 2.87 bits per heavy atom. The molecule has 1 fully saturated rings. The van der Waals surface area contributed by atoms with Crippen LogP contribution in [0.5, 0.6) is 5.88 Å². The van der Waals surface area contributed by atoms with Gasteiger partial charge in [0.05, 0.1) is 12.4 Å². The topological polar surface area (TPSA) is 75.7 Å². The molecule has 1 saturated heterocycles. The Morgan fingerprint density at radius 2 is 2.04 bits per heavy atom. The van der Waals surface area contributed by atoms with Crippen molar-refractivity contribution in [3.05, 3.63) is 36.7 Å². The Labute approximate surface area is 132 Å². The fourth-order valence-corrected chi connectivity index (χ4v) is 2.80. The number of rotatable bonds is 3. The largest absolute Gasteiger partial charge is 0.473 e. The molecule has 1 aliphatic heterocycles. The number of halogens is 1. The SMILES string of the molecule is Fc1cncc(-c2c[nH]c3ncc(OC4CCNCC4)nc23)c1. The van der Waals surface area contributed by atoms with Crippen LogP contribution >= 0.6 is 0 Å². The molecule has 0 aliphatic carbocycles. The van der Waals surface area contributed by atoms with Crippen molar-refractivity contribution in [3.8, 4) is 17.0 Å². The molecule has 0 spiro atoms. The van der Waals surface area contributed by atoms with Crippen molar-refractivity contribution < 1.29 is 9.13 Å². The van der Waals surface area contributed by atoms with Gasteiger partial charge >= 0.3 is 0 Å². The standard InChI is InChI=1S/C16H16FN5O/c17-11-5-10(6-19-7-11)13-8-20-16-15(13)22-14(9-21-16)23-12-1-3-18-4-2-12/h5-9,12,18H,1-4H2,(H,20,21). The number of nitrogens with zero attached hydrogens (tertiary/aromatic N) is 3. The number of hydrogen-bond acceptors (Lipinski definition) is 5. The number of H-pyrrole nitrogens is 1. The Hall–Kier alpha value is -2.54. The van der Waals surface area contributed by atoms with Crippen LogP contribution in [0.15, 0.2) is 30.9 Å². The van der Waals surface area contributed by atoms with Gasteiger partial charge < -0.3 is 15.0 Å². The first kappa shape index (κ1) is 14.1. The molecule has 3 aromatic heterocycles. The van der Waals surface area contributed by atoms with E-state index in [1.165, 1.54) is 12.3 Å². The zero-order valence-electron chi connectivity index (χ0n) is 12.4. The third kappa shape index (κ3) is 2.87. The van der Waals surface area contributed by atoms with E-state index in [2.05, 4.69) is 25.3 Å². The Kier molecular flexibility index (Phi) is 3.63. The zero-order valence-corrected chi connectivity index (χ0v) is 12.4. The summed E-state index contributed by atoms with van der Waals surface area (Å²) in [6.45, 7) is 1.90. The fourth-order valence-electron chi connectivity index (χ4n) is 2.80. The van der Waals surface area contributed by atoms with E-state index in [4.69, 9.17) is 4.74 Å². The van der Waals surface area contributed by atoms with Gasteiger partial charge in [0.2, 0.25) is 5.88 Å². The van der Waals surface area contributed by atoms with E-state index < -0.39 is 0 Å². The number of nitrogens with one attached hydrogen (secondary N) is 2. The molecular formula is C16H16FN5O. The van der Waals surface area contributed by atoms with Crippen molar-refractivity contribution in [3.63, 3.8) is 0 Å². The molecule has 0 radical (unpaired) electrons. The van der Waals surface area contributed by atoms with Gasteiger partial charge in [-0.1, -0.05) is 0 Å². The smallest absolute Gasteiger partial charge is 0.233 e. The quantitative estimate of drug-likeness (QED) is 0.776. The summed E-state index contributed by atoms with van der Waals surface area (Å²) in [6.07, 6.45) is 8.22. The van der Waals surface area contributed by atoms with Crippen LogP contribution in [0.3, 0.4) is 0 Å². The third-order valence-corrected chi connectivity index (χ3v) is 3.95. The van der Waals surface area contributed by atoms with E-state index in [1.807, 2.05) is 0 Å². The molecule has 0 aromatic carbocycles. The lowest BCUT2D eigenvalue weighted by Crippen LogP contribution is -2.34. The van der Waals surface area contributed by atoms with Crippen molar-refractivity contribution in [1.82, 2.24) is 25.3 Å². The minimum Gasteiger partial charge on any atom is -0.473 e. The van der Waals surface area contributed by atoms with Gasteiger partial charge in [-0.2, -0.15) is 0 Å². The highest BCUT2D eigenvalue weighted by Crippen LogP contribution is 2.27. The summed E-state index contributed by atoms with van der Waals surface area (Å²) in [6, 6.07) is 1.43. The third-order valence-electron chi connectivity index (χ3n) is 3.95. The minimum atomic E-state index is -0.382. The highest BCUT2D eigenvalue weighted by molar-refractivity contribution is 5.90. The predicted molar refractivity (Wildman–Crippen MR) is 83.6 cm³/mol. The van der Waals surface area contributed by atoms with Gasteiger partial charge in [-0.05, 0) is 32.0 Å². The molecule has 0 atom stereocenters. The zero-order chi connectivity index (χ0) is 15.6. The second-order valence-electron chi connectivity index (χ2n) is 5.57. The van der Waals surface area contributed by atoms with Crippen LogP contribution in [0.1, 0.15) is 12.8 Å². The van der Waals surface area contributed by atoms with Crippen LogP contribution in [0.4, 0.5) is 4.39 Å². The summed E-state index contributed by atoms with van der Waals surface area (Å²) in [5, 5.41) is 3.30. The lowest BCUT2D eigenvalue weighted by Gasteiger charge is -2.22. The Balaban J connectivity index is 1.68. The number of pyridine rings is 1. The summed E-state index contributed by atoms with van der Waals surface area (Å²) in [7, 11) is 0. The highest BCUT2D eigenvalue weighted by Gasteiger charge is 2.17. The monoisotopic (exact) mass is 313 g/mol. The predicted octanol–water partition coefficient (Wildman–Crippen LogP) is 2.29. The van der Waals surface area contributed by atoms with Gasteiger partial charge in [0, 0.05) is 23.5 Å². The molecule has 0 amide bonds. The average Bonchev–Trinajstić information content (AvgIpc) is 2.99. The molecule has 0 unspecified atom stereocenters. The molecule has 23 heavy (non-hydrogen) atoms. The molecule has 4 heterocycles. The molecule has 7 heteroatoms. The van der Waals surface area contributed by atoms with E-state index in [1.54, 1.807) is 18.6 Å². The van der Waals surface area contributed by atoms with Crippen LogP contribution in [-0.2, 0) is 0 Å². The van der Waals surface area contributed by atoms with Gasteiger partial charge in [0.25, 0.3) is 0 Å². The maximum Gasteiger partial charge on any atom is 0.233 e. The summed E-state index contributed by atoms with van der Waals surface area (Å²) < 4.78 is 19.3. The number of aromatic nitrogens is 4. The van der Waals surface area contributed by atoms with E-state index in [0.29, 0.717) is 22.6 Å². The second-order valence-corrected chi connectivity index (χ2v) is 5.57. The van der Waals surface area contributed by atoms with Crippen molar-refractivity contribution in [2.45, 2.75) is 18.9 Å². The van der Waals surface area contributed by atoms with Crippen LogP contribution in [0, 0.1) is 5.82 Å². The van der Waals surface area contributed by atoms with E-state index in [-0.39, 0.29) is 11.9 Å². The van der Waals surface area contributed by atoms with Crippen LogP contribution in [0.25, 0.3) is 22.3 Å². The second kappa shape index (κ2) is 5.92. The number of ether oxygens (including phenoxy) is 1. The lowest BCUT2D eigenvalue weighted by molar-refractivity contribution is 0.156. The fraction of sp³-hybridized carbons (Fsp3) is 0.312. The van der Waals surface area contributed by atoms with Crippen LogP contribution in [-0.4, -0.2) is 39.1 Å². The van der Waals surface area contributed by atoms with Crippen molar-refractivity contribution in [2.75, 3.05) is 13.1 Å². The van der Waals surface area contributed by atoms with Gasteiger partial charge in [0.1, 0.15) is 17.4 Å². The minimum absolute atomic E-state index is 0.154. The molecule has 2 N–H and O–H groups in total. The van der Waals surface area contributed by atoms with Crippen LogP contribution < -0.4 is 10.1 Å². The van der Waals surface area contributed by atoms with Crippen LogP contribution in [0.2, 0.25) is 0 Å². The normalized spacial score (nSPS) is 15.9. The Bertz CT molecular complexity index is 828. The maximum atomic E-state index is 13.4. The first-order chi connectivity index (χ1) is 11.3. The highest BCUT2D eigenvalue weighted by atomic mass is 19.1. The Morgan fingerprint density at radius 1 is 1.17 bits per heavy atom. The summed E-state index contributed by atoms with van der Waals surface area (Å²) in [5.41, 5.74) is 2.71. The summed E-state index contributed by atoms with van der Waals surface area (Å²) in [4.78, 5) is 15.8. The molecular weight excluding hydrogens is 297 g/mol. The van der Waals surface area contributed by atoms with Gasteiger partial charge in [-0.3, -0.25) is 4.98 Å². The van der Waals surface area contributed by atoms with Gasteiger partial charge in [-0.15, -0.1) is 0 Å². The van der Waals surface area contributed by atoms with Gasteiger partial charge in [0.15, 0.2) is 5.65 Å². The molecule has 0 saturated carbocycles. The lowest BCUT2D eigenvalue weighted by atomic mass is 10.1. The van der Waals surface area contributed by atoms with Crippen molar-refractivity contribution in [1.29, 1.82) is 0 Å². The van der Waals surface area contributed by atoms with Crippen molar-refractivity contribution in [2.24, 2.45) is 0 Å². The number of hydrogen-bond donors (Lipinski definition) is 2. The van der Waals surface area contributed by atoms with E-state index in [0.717, 1.165) is 31.5 Å². The number of fused-ring (bicyclic) bond motifs is 1. The first-order valence-electron chi connectivity index (χ1n) is 7.62. The molecule has 1 aliphatic rings. The molecule has 4 rings (SSSR count). The average molecular weight is 313 g/mol. The molecule has 3 aromatic rings. The summed E-state index contributed by atoms with van der Waals surface area (Å²) >= 11 is 0. The maximum absolute atomic E-state index is 13.4. The summed E-state index contributed by atoms with van der Waals surface area (Å²) in [5.74, 6) is 0.113. The number of aromatic amines is 1.